The van der Waals surface area contributed by atoms with Crippen molar-refractivity contribution in [1.82, 2.24) is 9.78 Å². The third-order valence-corrected chi connectivity index (χ3v) is 5.13. The monoisotopic (exact) mass is 422 g/mol. The van der Waals surface area contributed by atoms with Crippen molar-refractivity contribution in [3.05, 3.63) is 64.0 Å². The van der Waals surface area contributed by atoms with E-state index in [9.17, 15) is 19.6 Å². The Balaban J connectivity index is 1.54. The van der Waals surface area contributed by atoms with E-state index in [1.807, 2.05) is 25.1 Å². The fourth-order valence-corrected chi connectivity index (χ4v) is 3.46. The van der Waals surface area contributed by atoms with Crippen LogP contribution in [0.15, 0.2) is 48.7 Å². The second-order valence-corrected chi connectivity index (χ2v) is 7.60. The number of aromatic nitrogens is 2. The van der Waals surface area contributed by atoms with Crippen molar-refractivity contribution in [3.8, 4) is 11.8 Å². The Labute approximate surface area is 176 Å². The van der Waals surface area contributed by atoms with Gasteiger partial charge >= 0.3 is 5.97 Å². The van der Waals surface area contributed by atoms with Crippen LogP contribution < -0.4 is 5.32 Å². The lowest BCUT2D eigenvalue weighted by Gasteiger charge is -2.10. The van der Waals surface area contributed by atoms with Gasteiger partial charge in [0.1, 0.15) is 11.6 Å². The van der Waals surface area contributed by atoms with E-state index >= 15 is 0 Å². The molecule has 0 fully saturated rings. The van der Waals surface area contributed by atoms with Crippen LogP contribution >= 0.6 is 11.3 Å². The average molecular weight is 422 g/mol. The first-order valence-electron chi connectivity index (χ1n) is 9.06. The number of aryl methyl sites for hydroxylation is 1. The topological polar surface area (TPSA) is 114 Å². The number of para-hydroxylation sites is 1. The van der Waals surface area contributed by atoms with Gasteiger partial charge in [-0.15, -0.1) is 11.3 Å². The molecule has 1 amide bonds. The Morgan fingerprint density at radius 3 is 2.60 bits per heavy atom. The van der Waals surface area contributed by atoms with Gasteiger partial charge in [0.15, 0.2) is 18.2 Å². The predicted molar refractivity (Wildman–Crippen MR) is 110 cm³/mol. The predicted octanol–water partition coefficient (Wildman–Crippen LogP) is 3.26. The SMILES string of the molecule is Cc1ccc(C(=O)CCC(=O)OCC(=O)Nc2c(C#N)cnn2-c2ccccc2)s1. The molecule has 0 radical (unpaired) electrons. The number of Topliss-reactive ketones (excluding diaryl/α,β-unsaturated/α-hetero) is 1. The zero-order valence-electron chi connectivity index (χ0n) is 16.1. The third kappa shape index (κ3) is 5.18. The Kier molecular flexibility index (Phi) is 6.72. The van der Waals surface area contributed by atoms with Gasteiger partial charge in [-0.05, 0) is 31.2 Å². The van der Waals surface area contributed by atoms with Gasteiger partial charge in [0.2, 0.25) is 0 Å². The number of anilines is 1. The molecular weight excluding hydrogens is 404 g/mol. The number of amides is 1. The number of benzene rings is 1. The number of rotatable bonds is 8. The molecule has 1 N–H and O–H groups in total. The number of carbonyl (C=O) groups is 3. The summed E-state index contributed by atoms with van der Waals surface area (Å²) < 4.78 is 6.37. The van der Waals surface area contributed by atoms with Crippen molar-refractivity contribution in [2.24, 2.45) is 0 Å². The van der Waals surface area contributed by atoms with E-state index in [0.717, 1.165) is 4.88 Å². The zero-order valence-corrected chi connectivity index (χ0v) is 16.9. The van der Waals surface area contributed by atoms with E-state index < -0.39 is 18.5 Å². The summed E-state index contributed by atoms with van der Waals surface area (Å²) in [6.07, 6.45) is 1.24. The number of ketones is 1. The lowest BCUT2D eigenvalue weighted by molar-refractivity contribution is -0.147. The average Bonchev–Trinajstić information content (AvgIpc) is 3.37. The van der Waals surface area contributed by atoms with Gasteiger partial charge in [0, 0.05) is 11.3 Å². The van der Waals surface area contributed by atoms with Crippen LogP contribution in [0.1, 0.15) is 33.0 Å². The molecule has 0 spiro atoms. The van der Waals surface area contributed by atoms with E-state index in [-0.39, 0.29) is 30.0 Å². The summed E-state index contributed by atoms with van der Waals surface area (Å²) in [6, 6.07) is 14.5. The molecule has 0 aliphatic carbocycles. The van der Waals surface area contributed by atoms with Gasteiger partial charge in [-0.3, -0.25) is 14.4 Å². The summed E-state index contributed by atoms with van der Waals surface area (Å²) in [4.78, 5) is 37.8. The lowest BCUT2D eigenvalue weighted by atomic mass is 10.2. The summed E-state index contributed by atoms with van der Waals surface area (Å²) >= 11 is 1.37. The van der Waals surface area contributed by atoms with Gasteiger partial charge in [-0.25, -0.2) is 4.68 Å². The molecule has 152 valence electrons. The fourth-order valence-electron chi connectivity index (χ4n) is 2.63. The Morgan fingerprint density at radius 2 is 1.93 bits per heavy atom. The Morgan fingerprint density at radius 1 is 1.17 bits per heavy atom. The number of carbonyl (C=O) groups excluding carboxylic acids is 3. The Hall–Kier alpha value is -3.77. The molecule has 0 bridgehead atoms. The van der Waals surface area contributed by atoms with E-state index in [4.69, 9.17) is 4.74 Å². The molecule has 1 aromatic carbocycles. The largest absolute Gasteiger partial charge is 0.456 e. The molecule has 2 aromatic heterocycles. The lowest BCUT2D eigenvalue weighted by Crippen LogP contribution is -2.23. The third-order valence-electron chi connectivity index (χ3n) is 4.08. The van der Waals surface area contributed by atoms with Crippen LogP contribution in [0.3, 0.4) is 0 Å². The molecule has 0 aliphatic rings. The molecule has 9 heteroatoms. The first kappa shape index (κ1) is 21.0. The van der Waals surface area contributed by atoms with Crippen molar-refractivity contribution in [2.45, 2.75) is 19.8 Å². The molecular formula is C21H18N4O4S. The van der Waals surface area contributed by atoms with Crippen LogP contribution in [-0.4, -0.2) is 34.0 Å². The summed E-state index contributed by atoms with van der Waals surface area (Å²) in [6.45, 7) is 1.37. The second kappa shape index (κ2) is 9.62. The molecule has 3 aromatic rings. The van der Waals surface area contributed by atoms with E-state index in [2.05, 4.69) is 10.4 Å². The second-order valence-electron chi connectivity index (χ2n) is 6.31. The molecule has 0 saturated carbocycles. The number of thiophene rings is 1. The first-order chi connectivity index (χ1) is 14.5. The minimum absolute atomic E-state index is 0.0137. The number of ether oxygens (including phenoxy) is 1. The Bertz CT molecular complexity index is 1110. The van der Waals surface area contributed by atoms with Crippen molar-refractivity contribution >= 4 is 34.8 Å². The summed E-state index contributed by atoms with van der Waals surface area (Å²) in [7, 11) is 0. The quantitative estimate of drug-likeness (QED) is 0.440. The van der Waals surface area contributed by atoms with Crippen LogP contribution in [-0.2, 0) is 14.3 Å². The highest BCUT2D eigenvalue weighted by molar-refractivity contribution is 7.14. The molecule has 3 rings (SSSR count). The van der Waals surface area contributed by atoms with Crippen LogP contribution in [0.2, 0.25) is 0 Å². The van der Waals surface area contributed by atoms with Crippen molar-refractivity contribution in [1.29, 1.82) is 5.26 Å². The molecule has 30 heavy (non-hydrogen) atoms. The standard InChI is InChI=1S/C21H18N4O4S/c1-14-7-9-18(30-14)17(26)8-10-20(28)29-13-19(27)24-21-15(11-22)12-23-25(21)16-5-3-2-4-6-16/h2-7,9,12H,8,10,13H2,1H3,(H,24,27). The maximum atomic E-state index is 12.2. The summed E-state index contributed by atoms with van der Waals surface area (Å²) in [5, 5.41) is 15.9. The van der Waals surface area contributed by atoms with Crippen LogP contribution in [0.4, 0.5) is 5.82 Å². The molecule has 0 saturated heterocycles. The van der Waals surface area contributed by atoms with Crippen LogP contribution in [0.25, 0.3) is 5.69 Å². The maximum Gasteiger partial charge on any atom is 0.306 e. The molecule has 2 heterocycles. The van der Waals surface area contributed by atoms with Crippen LogP contribution in [0.5, 0.6) is 0 Å². The van der Waals surface area contributed by atoms with Crippen molar-refractivity contribution in [2.75, 3.05) is 11.9 Å². The van der Waals surface area contributed by atoms with E-state index in [1.54, 1.807) is 30.3 Å². The highest BCUT2D eigenvalue weighted by Crippen LogP contribution is 2.20. The smallest absolute Gasteiger partial charge is 0.306 e. The van der Waals surface area contributed by atoms with E-state index in [0.29, 0.717) is 10.6 Å². The van der Waals surface area contributed by atoms with Gasteiger partial charge in [0.25, 0.3) is 5.91 Å². The minimum Gasteiger partial charge on any atom is -0.456 e. The van der Waals surface area contributed by atoms with Gasteiger partial charge in [0.05, 0.1) is 23.2 Å². The normalized spacial score (nSPS) is 10.3. The van der Waals surface area contributed by atoms with Gasteiger partial charge in [-0.1, -0.05) is 18.2 Å². The van der Waals surface area contributed by atoms with Crippen molar-refractivity contribution in [3.63, 3.8) is 0 Å². The number of nitrogens with one attached hydrogen (secondary N) is 1. The number of nitriles is 1. The maximum absolute atomic E-state index is 12.2. The van der Waals surface area contributed by atoms with Crippen molar-refractivity contribution < 1.29 is 19.1 Å². The molecule has 0 unspecified atom stereocenters. The van der Waals surface area contributed by atoms with Gasteiger partial charge < -0.3 is 10.1 Å². The zero-order chi connectivity index (χ0) is 21.5. The summed E-state index contributed by atoms with van der Waals surface area (Å²) in [5.41, 5.74) is 0.837. The minimum atomic E-state index is -0.649. The number of hydrogen-bond acceptors (Lipinski definition) is 7. The van der Waals surface area contributed by atoms with Gasteiger partial charge in [-0.2, -0.15) is 10.4 Å². The fraction of sp³-hybridized carbons (Fsp3) is 0.190. The molecule has 8 nitrogen and oxygen atoms in total. The van der Waals surface area contributed by atoms with E-state index in [1.165, 1.54) is 22.2 Å². The van der Waals surface area contributed by atoms with Crippen LogP contribution in [0, 0.1) is 18.3 Å². The highest BCUT2D eigenvalue weighted by atomic mass is 32.1. The first-order valence-corrected chi connectivity index (χ1v) is 9.88. The summed E-state index contributed by atoms with van der Waals surface area (Å²) in [5.74, 6) is -1.21. The number of esters is 1. The number of hydrogen-bond donors (Lipinski definition) is 1. The highest BCUT2D eigenvalue weighted by Gasteiger charge is 2.17. The molecule has 0 atom stereocenters. The number of nitrogens with zero attached hydrogens (tertiary/aromatic N) is 3. The molecule has 0 aliphatic heterocycles.